The molecule has 1 aromatic carbocycles. The molecule has 0 saturated carbocycles. The molecule has 0 radical (unpaired) electrons. The van der Waals surface area contributed by atoms with Crippen molar-refractivity contribution in [3.8, 4) is 0 Å². The minimum absolute atomic E-state index is 0.162. The van der Waals surface area contributed by atoms with Crippen LogP contribution < -0.4 is 0 Å². The van der Waals surface area contributed by atoms with E-state index in [0.717, 1.165) is 18.2 Å². The summed E-state index contributed by atoms with van der Waals surface area (Å²) in [6.45, 7) is 0. The summed E-state index contributed by atoms with van der Waals surface area (Å²) in [4.78, 5) is 34.1. The van der Waals surface area contributed by atoms with E-state index in [9.17, 15) is 19.7 Å². The van der Waals surface area contributed by atoms with Crippen LogP contribution in [0.3, 0.4) is 0 Å². The summed E-state index contributed by atoms with van der Waals surface area (Å²) in [5.74, 6) is -2.77. The van der Waals surface area contributed by atoms with Gasteiger partial charge < -0.3 is 10.2 Å². The molecule has 0 atom stereocenters. The molecule has 17 heavy (non-hydrogen) atoms. The maximum atomic E-state index is 10.8. The third-order valence-electron chi connectivity index (χ3n) is 1.74. The molecular formula is C9H6N2O6. The number of carboxylic acid groups (broad SMARTS) is 2. The average molecular weight is 238 g/mol. The van der Waals surface area contributed by atoms with Crippen molar-refractivity contribution in [2.24, 2.45) is 4.99 Å². The first-order chi connectivity index (χ1) is 7.91. The maximum Gasteiger partial charge on any atom is 0.346 e. The fourth-order valence-corrected chi connectivity index (χ4v) is 1.05. The standard InChI is InChI=1S/C9H6N2O6/c12-8(13)4-10-7-2-1-5(11(16)17)3-6(7)9(14)15/h1-4H,(H,12,13)(H,14,15)/b10-4-. The summed E-state index contributed by atoms with van der Waals surface area (Å²) >= 11 is 0. The summed E-state index contributed by atoms with van der Waals surface area (Å²) in [5.41, 5.74) is -1.00. The number of carbonyl (C=O) groups is 2. The smallest absolute Gasteiger partial charge is 0.346 e. The van der Waals surface area contributed by atoms with Gasteiger partial charge in [0.05, 0.1) is 16.2 Å². The highest BCUT2D eigenvalue weighted by Crippen LogP contribution is 2.24. The number of non-ortho nitro benzene ring substituents is 1. The minimum Gasteiger partial charge on any atom is -0.478 e. The van der Waals surface area contributed by atoms with Gasteiger partial charge in [-0.05, 0) is 6.07 Å². The first-order valence-corrected chi connectivity index (χ1v) is 4.20. The van der Waals surface area contributed by atoms with E-state index in [1.807, 2.05) is 0 Å². The molecule has 0 bridgehead atoms. The van der Waals surface area contributed by atoms with Crippen molar-refractivity contribution in [1.82, 2.24) is 0 Å². The number of aliphatic carboxylic acids is 1. The zero-order chi connectivity index (χ0) is 13.0. The van der Waals surface area contributed by atoms with Gasteiger partial charge in [-0.1, -0.05) is 0 Å². The number of benzene rings is 1. The van der Waals surface area contributed by atoms with Crippen LogP contribution in [0.25, 0.3) is 0 Å². The van der Waals surface area contributed by atoms with Gasteiger partial charge in [0, 0.05) is 12.1 Å². The van der Waals surface area contributed by atoms with Crippen molar-refractivity contribution >= 4 is 29.5 Å². The second-order valence-electron chi connectivity index (χ2n) is 2.86. The van der Waals surface area contributed by atoms with E-state index in [2.05, 4.69) is 4.99 Å². The van der Waals surface area contributed by atoms with E-state index < -0.39 is 28.1 Å². The van der Waals surface area contributed by atoms with Crippen LogP contribution in [0.4, 0.5) is 11.4 Å². The Hall–Kier alpha value is -2.77. The number of nitro benzene ring substituents is 1. The number of carboxylic acids is 2. The molecule has 0 fully saturated rings. The summed E-state index contributed by atoms with van der Waals surface area (Å²) in [5, 5.41) is 27.6. The summed E-state index contributed by atoms with van der Waals surface area (Å²) in [6.07, 6.45) is 0.508. The van der Waals surface area contributed by atoms with E-state index >= 15 is 0 Å². The van der Waals surface area contributed by atoms with Crippen LogP contribution in [0.2, 0.25) is 0 Å². The van der Waals surface area contributed by atoms with Gasteiger partial charge in [0.15, 0.2) is 0 Å². The van der Waals surface area contributed by atoms with Gasteiger partial charge >= 0.3 is 11.9 Å². The van der Waals surface area contributed by atoms with Crippen molar-refractivity contribution in [1.29, 1.82) is 0 Å². The minimum atomic E-state index is -1.42. The lowest BCUT2D eigenvalue weighted by atomic mass is 10.1. The second kappa shape index (κ2) is 4.84. The lowest BCUT2D eigenvalue weighted by molar-refractivity contribution is -0.384. The van der Waals surface area contributed by atoms with Gasteiger partial charge in [-0.3, -0.25) is 10.1 Å². The number of rotatable bonds is 4. The Morgan fingerprint density at radius 1 is 1.35 bits per heavy atom. The first kappa shape index (κ1) is 12.3. The Morgan fingerprint density at radius 3 is 2.47 bits per heavy atom. The van der Waals surface area contributed by atoms with Gasteiger partial charge in [0.2, 0.25) is 0 Å². The van der Waals surface area contributed by atoms with Crippen LogP contribution in [0.15, 0.2) is 23.2 Å². The quantitative estimate of drug-likeness (QED) is 0.458. The molecule has 0 heterocycles. The van der Waals surface area contributed by atoms with E-state index in [0.29, 0.717) is 6.21 Å². The molecule has 0 aliphatic heterocycles. The zero-order valence-corrected chi connectivity index (χ0v) is 8.23. The highest BCUT2D eigenvalue weighted by Gasteiger charge is 2.15. The van der Waals surface area contributed by atoms with Crippen molar-refractivity contribution in [3.05, 3.63) is 33.9 Å². The monoisotopic (exact) mass is 238 g/mol. The van der Waals surface area contributed by atoms with Gasteiger partial charge in [0.25, 0.3) is 5.69 Å². The SMILES string of the molecule is O=C(O)/C=N\c1ccc([N+](=O)[O-])cc1C(=O)O. The van der Waals surface area contributed by atoms with Crippen LogP contribution in [-0.2, 0) is 4.79 Å². The first-order valence-electron chi connectivity index (χ1n) is 4.20. The largest absolute Gasteiger partial charge is 0.478 e. The number of nitro groups is 1. The summed E-state index contributed by atoms with van der Waals surface area (Å²) in [7, 11) is 0. The fraction of sp³-hybridized carbons (Fsp3) is 0. The Balaban J connectivity index is 3.27. The molecule has 0 unspecified atom stereocenters. The number of nitrogens with zero attached hydrogens (tertiary/aromatic N) is 2. The van der Waals surface area contributed by atoms with Crippen molar-refractivity contribution in [2.45, 2.75) is 0 Å². The predicted octanol–water partition coefficient (Wildman–Crippen LogP) is 1.08. The Bertz CT molecular complexity index is 522. The maximum absolute atomic E-state index is 10.8. The van der Waals surface area contributed by atoms with E-state index in [1.54, 1.807) is 0 Å². The van der Waals surface area contributed by atoms with Crippen molar-refractivity contribution < 1.29 is 24.7 Å². The Morgan fingerprint density at radius 2 is 2.00 bits per heavy atom. The van der Waals surface area contributed by atoms with E-state index in [4.69, 9.17) is 10.2 Å². The number of aliphatic imine (C=N–C) groups is 1. The molecule has 0 aliphatic carbocycles. The molecule has 1 aromatic rings. The molecule has 1 rings (SSSR count). The second-order valence-corrected chi connectivity index (χ2v) is 2.86. The number of aromatic carboxylic acids is 1. The van der Waals surface area contributed by atoms with Gasteiger partial charge in [-0.2, -0.15) is 0 Å². The zero-order valence-electron chi connectivity index (χ0n) is 8.23. The molecule has 88 valence electrons. The molecule has 0 aliphatic rings. The molecule has 0 saturated heterocycles. The summed E-state index contributed by atoms with van der Waals surface area (Å²) in [6, 6.07) is 2.93. The number of hydrogen-bond acceptors (Lipinski definition) is 5. The topological polar surface area (TPSA) is 130 Å². The van der Waals surface area contributed by atoms with Gasteiger partial charge in [-0.15, -0.1) is 0 Å². The third kappa shape index (κ3) is 3.09. The molecule has 8 nitrogen and oxygen atoms in total. The van der Waals surface area contributed by atoms with Crippen LogP contribution in [0.1, 0.15) is 10.4 Å². The predicted molar refractivity (Wildman–Crippen MR) is 55.8 cm³/mol. The molecule has 0 amide bonds. The van der Waals surface area contributed by atoms with Crippen LogP contribution in [0, 0.1) is 10.1 Å². The van der Waals surface area contributed by atoms with Crippen LogP contribution in [-0.4, -0.2) is 33.3 Å². The normalized spacial score (nSPS) is 10.4. The van der Waals surface area contributed by atoms with Gasteiger partial charge in [-0.25, -0.2) is 14.6 Å². The molecule has 0 aromatic heterocycles. The van der Waals surface area contributed by atoms with Crippen molar-refractivity contribution in [3.63, 3.8) is 0 Å². The highest BCUT2D eigenvalue weighted by molar-refractivity contribution is 6.22. The van der Waals surface area contributed by atoms with Crippen LogP contribution in [0.5, 0.6) is 0 Å². The van der Waals surface area contributed by atoms with E-state index in [-0.39, 0.29) is 5.69 Å². The summed E-state index contributed by atoms with van der Waals surface area (Å²) < 4.78 is 0. The van der Waals surface area contributed by atoms with Gasteiger partial charge in [0.1, 0.15) is 6.21 Å². The van der Waals surface area contributed by atoms with E-state index in [1.165, 1.54) is 0 Å². The number of hydrogen-bond donors (Lipinski definition) is 2. The molecule has 2 N–H and O–H groups in total. The lowest BCUT2D eigenvalue weighted by Gasteiger charge is -1.99. The van der Waals surface area contributed by atoms with Crippen molar-refractivity contribution in [2.75, 3.05) is 0 Å². The Labute approximate surface area is 94.0 Å². The highest BCUT2D eigenvalue weighted by atomic mass is 16.6. The third-order valence-corrected chi connectivity index (χ3v) is 1.74. The molecule has 0 spiro atoms. The lowest BCUT2D eigenvalue weighted by Crippen LogP contribution is -2.00. The average Bonchev–Trinajstić information content (AvgIpc) is 2.25. The molecule has 8 heteroatoms. The fourth-order valence-electron chi connectivity index (χ4n) is 1.05. The molecular weight excluding hydrogens is 232 g/mol. The Kier molecular flexibility index (Phi) is 3.50. The van der Waals surface area contributed by atoms with Crippen LogP contribution >= 0.6 is 0 Å².